The van der Waals surface area contributed by atoms with Crippen LogP contribution in [0.2, 0.25) is 26.2 Å². The molecule has 0 atom stereocenters. The summed E-state index contributed by atoms with van der Waals surface area (Å²) in [5, 5.41) is 0. The van der Waals surface area contributed by atoms with Gasteiger partial charge in [0, 0.05) is 12.8 Å². The van der Waals surface area contributed by atoms with E-state index in [0.29, 0.717) is 0 Å². The van der Waals surface area contributed by atoms with Crippen LogP contribution in [-0.2, 0) is 31.2 Å². The first-order chi connectivity index (χ1) is 18.5. The summed E-state index contributed by atoms with van der Waals surface area (Å²) in [5.41, 5.74) is 7.46. The number of methoxy groups -OCH3 is 2. The molecule has 2 aromatic carbocycles. The van der Waals surface area contributed by atoms with Crippen LogP contribution in [0.15, 0.2) is 60.7 Å². The van der Waals surface area contributed by atoms with Gasteiger partial charge in [0.1, 0.15) is 16.1 Å². The highest BCUT2D eigenvalue weighted by molar-refractivity contribution is 6.85. The molecule has 0 aromatic heterocycles. The normalized spacial score (nSPS) is 10.6. The molecule has 0 saturated heterocycles. The topological polar surface area (TPSA) is 52.6 Å². The van der Waals surface area contributed by atoms with E-state index >= 15 is 0 Å². The van der Waals surface area contributed by atoms with E-state index in [0.717, 1.165) is 12.1 Å². The second-order valence-corrected chi connectivity index (χ2v) is 19.4. The van der Waals surface area contributed by atoms with Crippen LogP contribution in [0.25, 0.3) is 0 Å². The molecule has 2 rings (SSSR count). The molecule has 0 amide bonds. The monoisotopic (exact) mass is 552 g/mol. The average molecular weight is 553 g/mol. The quantitative estimate of drug-likeness (QED) is 0.196. The molecular formula is C33H36O4Si2. The molecule has 2 aromatic rings. The van der Waals surface area contributed by atoms with E-state index in [1.54, 1.807) is 0 Å². The third-order valence-corrected chi connectivity index (χ3v) is 10.2. The maximum Gasteiger partial charge on any atom is 0.325 e. The van der Waals surface area contributed by atoms with Gasteiger partial charge in [-0.25, -0.2) is 0 Å². The van der Waals surface area contributed by atoms with Gasteiger partial charge >= 0.3 is 11.9 Å². The van der Waals surface area contributed by atoms with E-state index in [9.17, 15) is 9.59 Å². The third-order valence-electron chi connectivity index (χ3n) is 6.01. The van der Waals surface area contributed by atoms with Gasteiger partial charge in [-0.1, -0.05) is 98.7 Å². The van der Waals surface area contributed by atoms with Crippen molar-refractivity contribution in [2.24, 2.45) is 5.41 Å². The van der Waals surface area contributed by atoms with Crippen LogP contribution in [0.5, 0.6) is 0 Å². The van der Waals surface area contributed by atoms with Crippen molar-refractivity contribution in [2.75, 3.05) is 14.2 Å². The first-order valence-corrected chi connectivity index (χ1v) is 19.2. The lowest BCUT2D eigenvalue weighted by atomic mass is 9.81. The van der Waals surface area contributed by atoms with Gasteiger partial charge in [-0.05, 0) is 46.9 Å². The molecule has 0 aliphatic heterocycles. The van der Waals surface area contributed by atoms with Crippen LogP contribution in [0.4, 0.5) is 0 Å². The van der Waals surface area contributed by atoms with Crippen LogP contribution in [0, 0.1) is 52.0 Å². The van der Waals surface area contributed by atoms with E-state index in [1.807, 2.05) is 36.4 Å². The Bertz CT molecular complexity index is 1270. The predicted octanol–water partition coefficient (Wildman–Crippen LogP) is 5.17. The van der Waals surface area contributed by atoms with E-state index in [2.05, 4.69) is 97.1 Å². The van der Waals surface area contributed by atoms with Gasteiger partial charge in [-0.3, -0.25) is 9.59 Å². The zero-order valence-corrected chi connectivity index (χ0v) is 25.7. The van der Waals surface area contributed by atoms with E-state index in [1.165, 1.54) is 25.3 Å². The standard InChI is InChI=1S/C33H36O4Si2/c1-36-31(34)33(32(35)37-2,23-15-9-17-25-38(3,4)27-29-19-11-7-12-20-29)24-16-10-18-26-39(5,6)28-30-21-13-8-14-22-30/h7-8,11-14,19-22H,23-24,27-28H2,1-6H3. The Morgan fingerprint density at radius 2 is 1.00 bits per heavy atom. The number of hydrogen-bond acceptors (Lipinski definition) is 4. The fourth-order valence-corrected chi connectivity index (χ4v) is 7.50. The van der Waals surface area contributed by atoms with Crippen LogP contribution < -0.4 is 0 Å². The van der Waals surface area contributed by atoms with Crippen LogP contribution >= 0.6 is 0 Å². The first-order valence-electron chi connectivity index (χ1n) is 12.8. The Hall–Kier alpha value is -3.95. The van der Waals surface area contributed by atoms with Gasteiger partial charge in [0.25, 0.3) is 0 Å². The Morgan fingerprint density at radius 1 is 0.641 bits per heavy atom. The minimum absolute atomic E-state index is 0.113. The summed E-state index contributed by atoms with van der Waals surface area (Å²) in [6.45, 7) is 8.73. The largest absolute Gasteiger partial charge is 0.468 e. The summed E-state index contributed by atoms with van der Waals surface area (Å²) in [5.74, 6) is 15.8. The number of ether oxygens (including phenoxy) is 2. The summed E-state index contributed by atoms with van der Waals surface area (Å²) in [6.07, 6.45) is -0.226. The molecule has 0 N–H and O–H groups in total. The summed E-state index contributed by atoms with van der Waals surface area (Å²) < 4.78 is 9.92. The summed E-state index contributed by atoms with van der Waals surface area (Å²) in [7, 11) is -1.23. The molecule has 0 heterocycles. The second kappa shape index (κ2) is 14.9. The fourth-order valence-electron chi connectivity index (χ4n) is 4.01. The molecule has 0 aliphatic carbocycles. The van der Waals surface area contributed by atoms with Crippen molar-refractivity contribution in [3.05, 3.63) is 71.8 Å². The number of carbonyl (C=O) groups is 2. The number of carbonyl (C=O) groups excluding carboxylic acids is 2. The lowest BCUT2D eigenvalue weighted by molar-refractivity contribution is -0.168. The molecule has 0 unspecified atom stereocenters. The maximum absolute atomic E-state index is 12.8. The van der Waals surface area contributed by atoms with Crippen molar-refractivity contribution in [3.8, 4) is 46.6 Å². The molecule has 0 saturated carbocycles. The number of esters is 2. The molecule has 39 heavy (non-hydrogen) atoms. The maximum atomic E-state index is 12.8. The van der Waals surface area contributed by atoms with Crippen molar-refractivity contribution in [3.63, 3.8) is 0 Å². The van der Waals surface area contributed by atoms with E-state index in [-0.39, 0.29) is 12.8 Å². The molecule has 200 valence electrons. The molecular weight excluding hydrogens is 517 g/mol. The number of hydrogen-bond donors (Lipinski definition) is 0. The zero-order chi connectivity index (χ0) is 28.8. The van der Waals surface area contributed by atoms with Crippen molar-refractivity contribution < 1.29 is 19.1 Å². The molecule has 0 radical (unpaired) electrons. The molecule has 4 nitrogen and oxygen atoms in total. The lowest BCUT2D eigenvalue weighted by Gasteiger charge is -2.23. The highest BCUT2D eigenvalue weighted by Crippen LogP contribution is 2.29. The van der Waals surface area contributed by atoms with Gasteiger partial charge < -0.3 is 9.47 Å². The van der Waals surface area contributed by atoms with Crippen molar-refractivity contribution in [2.45, 2.75) is 51.1 Å². The number of benzene rings is 2. The number of rotatable bonds is 8. The van der Waals surface area contributed by atoms with Gasteiger partial charge in [-0.2, -0.15) is 0 Å². The highest BCUT2D eigenvalue weighted by atomic mass is 28.3. The van der Waals surface area contributed by atoms with Crippen LogP contribution in [-0.4, -0.2) is 42.3 Å². The smallest absolute Gasteiger partial charge is 0.325 e. The summed E-state index contributed by atoms with van der Waals surface area (Å²) >= 11 is 0. The minimum Gasteiger partial charge on any atom is -0.468 e. The van der Waals surface area contributed by atoms with Crippen LogP contribution in [0.1, 0.15) is 24.0 Å². The SMILES string of the molecule is COC(=O)C(CC#CC#C[Si](C)(C)Cc1ccccc1)(CC#CC#C[Si](C)(C)Cc1ccccc1)C(=O)OC. The summed E-state index contributed by atoms with van der Waals surface area (Å²) in [4.78, 5) is 25.5. The first kappa shape index (κ1) is 31.3. The molecule has 0 bridgehead atoms. The van der Waals surface area contributed by atoms with Gasteiger partial charge in [0.05, 0.1) is 14.2 Å². The second-order valence-electron chi connectivity index (χ2n) is 10.6. The Balaban J connectivity index is 2.19. The average Bonchev–Trinajstić information content (AvgIpc) is 2.91. The minimum atomic E-state index is -1.85. The van der Waals surface area contributed by atoms with Crippen molar-refractivity contribution in [1.82, 2.24) is 0 Å². The Morgan fingerprint density at radius 3 is 1.33 bits per heavy atom. The van der Waals surface area contributed by atoms with E-state index < -0.39 is 33.5 Å². The Kier molecular flexibility index (Phi) is 11.9. The van der Waals surface area contributed by atoms with Gasteiger partial charge in [0.15, 0.2) is 5.41 Å². The van der Waals surface area contributed by atoms with Gasteiger partial charge in [-0.15, -0.1) is 11.1 Å². The third kappa shape index (κ3) is 10.4. The van der Waals surface area contributed by atoms with E-state index in [4.69, 9.17) is 9.47 Å². The van der Waals surface area contributed by atoms with Gasteiger partial charge in [0.2, 0.25) is 0 Å². The van der Waals surface area contributed by atoms with Crippen molar-refractivity contribution in [1.29, 1.82) is 0 Å². The van der Waals surface area contributed by atoms with Crippen molar-refractivity contribution >= 4 is 28.1 Å². The molecule has 0 fully saturated rings. The molecule has 6 heteroatoms. The Labute approximate surface area is 235 Å². The molecule has 0 spiro atoms. The fraction of sp³-hybridized carbons (Fsp3) is 0.333. The predicted molar refractivity (Wildman–Crippen MR) is 162 cm³/mol. The molecule has 0 aliphatic rings. The van der Waals surface area contributed by atoms with Crippen LogP contribution in [0.3, 0.4) is 0 Å². The lowest BCUT2D eigenvalue weighted by Crippen LogP contribution is -2.40. The zero-order valence-electron chi connectivity index (χ0n) is 23.7. The highest BCUT2D eigenvalue weighted by Gasteiger charge is 2.47. The summed E-state index contributed by atoms with van der Waals surface area (Å²) in [6, 6.07) is 22.3.